The molecule has 2 rings (SSSR count). The molecule has 1 N–H and O–H groups in total. The summed E-state index contributed by atoms with van der Waals surface area (Å²) in [6.07, 6.45) is 0.200. The molecule has 106 valence electrons. The van der Waals surface area contributed by atoms with Crippen LogP contribution >= 0.6 is 15.9 Å². The minimum atomic E-state index is -4.32. The highest BCUT2D eigenvalue weighted by atomic mass is 79.9. The van der Waals surface area contributed by atoms with Gasteiger partial charge in [-0.3, -0.25) is 0 Å². The lowest BCUT2D eigenvalue weighted by atomic mass is 9.91. The Bertz CT molecular complexity index is 439. The number of alkyl halides is 3. The van der Waals surface area contributed by atoms with Gasteiger partial charge in [0.05, 0.1) is 5.56 Å². The van der Waals surface area contributed by atoms with Gasteiger partial charge in [-0.1, -0.05) is 34.8 Å². The number of nitrogens with one attached hydrogen (secondary N) is 1. The van der Waals surface area contributed by atoms with Gasteiger partial charge >= 0.3 is 6.18 Å². The number of benzene rings is 1. The topological polar surface area (TPSA) is 12.0 Å². The second-order valence-corrected chi connectivity index (χ2v) is 5.90. The first-order valence-electron chi connectivity index (χ1n) is 6.47. The molecule has 19 heavy (non-hydrogen) atoms. The fourth-order valence-corrected chi connectivity index (χ4v) is 3.39. The van der Waals surface area contributed by atoms with Gasteiger partial charge < -0.3 is 5.32 Å². The number of halogens is 4. The molecule has 1 unspecified atom stereocenters. The third-order valence-electron chi connectivity index (χ3n) is 3.84. The Kier molecular flexibility index (Phi) is 4.56. The highest BCUT2D eigenvalue weighted by Crippen LogP contribution is 2.40. The minimum Gasteiger partial charge on any atom is -0.313 e. The standard InChI is InChI=1S/C14H17BrF3N/c1-19-13(9-4-2-3-5-9)10-6-7-12(15)11(8-10)14(16,17)18/h6-9,13,19H,2-5H2,1H3. The summed E-state index contributed by atoms with van der Waals surface area (Å²) in [7, 11) is 1.82. The quantitative estimate of drug-likeness (QED) is 0.826. The van der Waals surface area contributed by atoms with E-state index in [-0.39, 0.29) is 10.5 Å². The minimum absolute atomic E-state index is 0.0108. The summed E-state index contributed by atoms with van der Waals surface area (Å²) in [4.78, 5) is 0. The molecule has 1 atom stereocenters. The van der Waals surface area contributed by atoms with Crippen LogP contribution in [0.2, 0.25) is 0 Å². The molecule has 0 heterocycles. The second-order valence-electron chi connectivity index (χ2n) is 5.05. The van der Waals surface area contributed by atoms with Crippen molar-refractivity contribution in [2.45, 2.75) is 37.9 Å². The van der Waals surface area contributed by atoms with E-state index < -0.39 is 11.7 Å². The molecule has 1 aliphatic carbocycles. The van der Waals surface area contributed by atoms with E-state index in [0.717, 1.165) is 18.4 Å². The Balaban J connectivity index is 2.33. The van der Waals surface area contributed by atoms with Gasteiger partial charge in [-0.05, 0) is 43.5 Å². The molecule has 1 fully saturated rings. The van der Waals surface area contributed by atoms with Crippen LogP contribution in [0.1, 0.15) is 42.9 Å². The molecule has 0 aliphatic heterocycles. The average Bonchev–Trinajstić information content (AvgIpc) is 2.84. The lowest BCUT2D eigenvalue weighted by Gasteiger charge is -2.24. The summed E-state index contributed by atoms with van der Waals surface area (Å²) in [6.45, 7) is 0. The smallest absolute Gasteiger partial charge is 0.313 e. The lowest BCUT2D eigenvalue weighted by molar-refractivity contribution is -0.138. The third-order valence-corrected chi connectivity index (χ3v) is 4.53. The molecular formula is C14H17BrF3N. The largest absolute Gasteiger partial charge is 0.417 e. The van der Waals surface area contributed by atoms with Gasteiger partial charge in [0, 0.05) is 10.5 Å². The average molecular weight is 336 g/mol. The molecule has 1 saturated carbocycles. The van der Waals surface area contributed by atoms with Crippen LogP contribution < -0.4 is 5.32 Å². The lowest BCUT2D eigenvalue weighted by Crippen LogP contribution is -2.24. The van der Waals surface area contributed by atoms with Gasteiger partial charge in [0.2, 0.25) is 0 Å². The Labute approximate surface area is 119 Å². The maximum Gasteiger partial charge on any atom is 0.417 e. The zero-order chi connectivity index (χ0) is 14.0. The van der Waals surface area contributed by atoms with E-state index in [2.05, 4.69) is 21.2 Å². The van der Waals surface area contributed by atoms with Crippen molar-refractivity contribution in [2.24, 2.45) is 5.92 Å². The van der Waals surface area contributed by atoms with E-state index in [1.54, 1.807) is 6.07 Å². The monoisotopic (exact) mass is 335 g/mol. The molecule has 0 bridgehead atoms. The van der Waals surface area contributed by atoms with Gasteiger partial charge in [0.1, 0.15) is 0 Å². The first-order chi connectivity index (χ1) is 8.93. The molecule has 1 aliphatic rings. The SMILES string of the molecule is CNC(c1ccc(Br)c(C(F)(F)F)c1)C1CCCC1. The predicted octanol–water partition coefficient (Wildman–Crippen LogP) is 4.92. The number of hydrogen-bond acceptors (Lipinski definition) is 1. The van der Waals surface area contributed by atoms with Gasteiger partial charge in [-0.25, -0.2) is 0 Å². The fourth-order valence-electron chi connectivity index (χ4n) is 2.92. The molecule has 5 heteroatoms. The first kappa shape index (κ1) is 14.9. The van der Waals surface area contributed by atoms with E-state index in [0.29, 0.717) is 5.92 Å². The van der Waals surface area contributed by atoms with Crippen LogP contribution in [0.25, 0.3) is 0 Å². The van der Waals surface area contributed by atoms with E-state index >= 15 is 0 Å². The Morgan fingerprint density at radius 2 is 1.89 bits per heavy atom. The molecule has 0 spiro atoms. The summed E-state index contributed by atoms with van der Waals surface area (Å²) in [6, 6.07) is 4.55. The van der Waals surface area contributed by atoms with Crippen LogP contribution in [0.5, 0.6) is 0 Å². The van der Waals surface area contributed by atoms with Crippen molar-refractivity contribution < 1.29 is 13.2 Å². The van der Waals surface area contributed by atoms with E-state index in [4.69, 9.17) is 0 Å². The van der Waals surface area contributed by atoms with Crippen molar-refractivity contribution in [1.82, 2.24) is 5.32 Å². The fraction of sp³-hybridized carbons (Fsp3) is 0.571. The van der Waals surface area contributed by atoms with Gasteiger partial charge in [-0.15, -0.1) is 0 Å². The van der Waals surface area contributed by atoms with Crippen molar-refractivity contribution in [3.63, 3.8) is 0 Å². The van der Waals surface area contributed by atoms with Crippen LogP contribution in [0, 0.1) is 5.92 Å². The molecule has 0 aromatic heterocycles. The van der Waals surface area contributed by atoms with E-state index in [9.17, 15) is 13.2 Å². The van der Waals surface area contributed by atoms with E-state index in [1.165, 1.54) is 25.0 Å². The van der Waals surface area contributed by atoms with Gasteiger partial charge in [0.15, 0.2) is 0 Å². The Morgan fingerprint density at radius 1 is 1.26 bits per heavy atom. The molecule has 1 aromatic carbocycles. The highest BCUT2D eigenvalue weighted by molar-refractivity contribution is 9.10. The van der Waals surface area contributed by atoms with Gasteiger partial charge in [-0.2, -0.15) is 13.2 Å². The summed E-state index contributed by atoms with van der Waals surface area (Å²) >= 11 is 2.98. The normalized spacial score (nSPS) is 18.8. The van der Waals surface area contributed by atoms with Crippen molar-refractivity contribution in [3.05, 3.63) is 33.8 Å². The van der Waals surface area contributed by atoms with Crippen molar-refractivity contribution in [1.29, 1.82) is 0 Å². The Morgan fingerprint density at radius 3 is 2.42 bits per heavy atom. The molecule has 0 saturated heterocycles. The maximum atomic E-state index is 12.9. The maximum absolute atomic E-state index is 12.9. The van der Waals surface area contributed by atoms with Crippen LogP contribution in [0.3, 0.4) is 0 Å². The third kappa shape index (κ3) is 3.31. The Hall–Kier alpha value is -0.550. The summed E-state index contributed by atoms with van der Waals surface area (Å²) in [5.74, 6) is 0.437. The molecule has 0 amide bonds. The summed E-state index contributed by atoms with van der Waals surface area (Å²) < 4.78 is 38.9. The van der Waals surface area contributed by atoms with Crippen molar-refractivity contribution in [3.8, 4) is 0 Å². The van der Waals surface area contributed by atoms with Crippen molar-refractivity contribution in [2.75, 3.05) is 7.05 Å². The van der Waals surface area contributed by atoms with E-state index in [1.807, 2.05) is 7.05 Å². The van der Waals surface area contributed by atoms with Gasteiger partial charge in [0.25, 0.3) is 0 Å². The first-order valence-corrected chi connectivity index (χ1v) is 7.26. The molecular weight excluding hydrogens is 319 g/mol. The zero-order valence-electron chi connectivity index (χ0n) is 10.7. The molecule has 1 nitrogen and oxygen atoms in total. The number of rotatable bonds is 3. The molecule has 1 aromatic rings. The van der Waals surface area contributed by atoms with Crippen LogP contribution in [0.15, 0.2) is 22.7 Å². The summed E-state index contributed by atoms with van der Waals surface area (Å²) in [5.41, 5.74) is 0.133. The number of hydrogen-bond donors (Lipinski definition) is 1. The predicted molar refractivity (Wildman–Crippen MR) is 72.9 cm³/mol. The van der Waals surface area contributed by atoms with Crippen LogP contribution in [-0.4, -0.2) is 7.05 Å². The zero-order valence-corrected chi connectivity index (χ0v) is 12.3. The summed E-state index contributed by atoms with van der Waals surface area (Å²) in [5, 5.41) is 3.18. The van der Waals surface area contributed by atoms with Crippen molar-refractivity contribution >= 4 is 15.9 Å². The van der Waals surface area contributed by atoms with Crippen LogP contribution in [0.4, 0.5) is 13.2 Å². The molecule has 0 radical (unpaired) electrons. The highest BCUT2D eigenvalue weighted by Gasteiger charge is 2.34. The second kappa shape index (κ2) is 5.83. The van der Waals surface area contributed by atoms with Crippen LogP contribution in [-0.2, 0) is 6.18 Å².